The molecule has 7 heteroatoms. The number of aliphatic hydroxyl groups excluding tert-OH is 4. The molecule has 4 N–H and O–H groups in total. The average molecular weight is 393 g/mol. The van der Waals surface area contributed by atoms with Gasteiger partial charge in [0.1, 0.15) is 24.4 Å². The second-order valence-corrected chi connectivity index (χ2v) is 7.36. The number of aliphatic hydroxyl groups is 4. The van der Waals surface area contributed by atoms with Gasteiger partial charge in [0, 0.05) is 6.61 Å². The molecule has 7 nitrogen and oxygen atoms in total. The summed E-state index contributed by atoms with van der Waals surface area (Å²) < 4.78 is 16.5. The van der Waals surface area contributed by atoms with Gasteiger partial charge in [0.2, 0.25) is 0 Å². The van der Waals surface area contributed by atoms with Gasteiger partial charge in [-0.3, -0.25) is 0 Å². The van der Waals surface area contributed by atoms with Crippen molar-refractivity contribution < 1.29 is 34.6 Å². The van der Waals surface area contributed by atoms with Crippen LogP contribution < -0.4 is 0 Å². The van der Waals surface area contributed by atoms with Crippen molar-refractivity contribution in [1.82, 2.24) is 0 Å². The van der Waals surface area contributed by atoms with Crippen LogP contribution in [-0.2, 0) is 14.2 Å². The van der Waals surface area contributed by atoms with Crippen LogP contribution in [0.1, 0.15) is 71.1 Å². The first-order valence-electron chi connectivity index (χ1n) is 10.6. The molecule has 4 atom stereocenters. The van der Waals surface area contributed by atoms with Gasteiger partial charge >= 0.3 is 0 Å². The van der Waals surface area contributed by atoms with Crippen molar-refractivity contribution in [3.8, 4) is 0 Å². The van der Waals surface area contributed by atoms with Gasteiger partial charge in [0.05, 0.1) is 19.8 Å². The number of rotatable bonds is 17. The largest absolute Gasteiger partial charge is 0.394 e. The summed E-state index contributed by atoms with van der Waals surface area (Å²) in [5.41, 5.74) is 0. The Balaban J connectivity index is 2.20. The van der Waals surface area contributed by atoms with Crippen LogP contribution in [0, 0.1) is 0 Å². The maximum atomic E-state index is 10.3. The second kappa shape index (κ2) is 15.6. The highest BCUT2D eigenvalue weighted by Crippen LogP contribution is 2.19. The lowest BCUT2D eigenvalue weighted by atomic mass is 10.0. The first-order chi connectivity index (χ1) is 13.1. The van der Waals surface area contributed by atoms with Gasteiger partial charge in [-0.05, 0) is 6.42 Å². The Morgan fingerprint density at radius 2 is 1.33 bits per heavy atom. The Morgan fingerprint density at radius 3 is 1.85 bits per heavy atom. The number of hydrogen-bond acceptors (Lipinski definition) is 7. The summed E-state index contributed by atoms with van der Waals surface area (Å²) in [5, 5.41) is 38.7. The van der Waals surface area contributed by atoms with E-state index in [0.29, 0.717) is 19.8 Å². The van der Waals surface area contributed by atoms with E-state index in [1.807, 2.05) is 0 Å². The van der Waals surface area contributed by atoms with Crippen LogP contribution in [0.2, 0.25) is 0 Å². The van der Waals surface area contributed by atoms with E-state index in [-0.39, 0.29) is 0 Å². The third kappa shape index (κ3) is 10.2. The zero-order chi connectivity index (χ0) is 19.9. The van der Waals surface area contributed by atoms with E-state index in [4.69, 9.17) is 19.3 Å². The number of hydrogen-bond donors (Lipinski definition) is 4. The smallest absolute Gasteiger partial charge is 0.186 e. The summed E-state index contributed by atoms with van der Waals surface area (Å²) in [6.45, 7) is 2.80. The molecular weight excluding hydrogens is 352 g/mol. The van der Waals surface area contributed by atoms with Crippen molar-refractivity contribution in [1.29, 1.82) is 0 Å². The number of ether oxygens (including phenoxy) is 3. The van der Waals surface area contributed by atoms with Crippen molar-refractivity contribution in [3.63, 3.8) is 0 Å². The SMILES string of the molecule is CCCCCCCCCCCCO[C@@H](C1OCCO1)[C@@H](O)[C@H](O)[C@H](O)CO. The van der Waals surface area contributed by atoms with Crippen LogP contribution in [0.3, 0.4) is 0 Å². The minimum atomic E-state index is -1.53. The van der Waals surface area contributed by atoms with E-state index in [1.165, 1.54) is 44.9 Å². The molecular formula is C20H40O7. The molecule has 1 rings (SSSR count). The quantitative estimate of drug-likeness (QED) is 0.279. The summed E-state index contributed by atoms with van der Waals surface area (Å²) in [4.78, 5) is 0. The fourth-order valence-corrected chi connectivity index (χ4v) is 3.24. The molecule has 0 aromatic rings. The van der Waals surface area contributed by atoms with Gasteiger partial charge in [-0.2, -0.15) is 0 Å². The Hall–Kier alpha value is -0.280. The summed E-state index contributed by atoms with van der Waals surface area (Å²) in [6, 6.07) is 0. The standard InChI is InChI=1S/C20H40O7/c1-2-3-4-5-6-7-8-9-10-11-12-25-19(20-26-13-14-27-20)18(24)17(23)16(22)15-21/h16-24H,2-15H2,1H3/t16-,17-,18+,19-/m1/s1. The first kappa shape index (κ1) is 24.8. The lowest BCUT2D eigenvalue weighted by Crippen LogP contribution is -2.51. The van der Waals surface area contributed by atoms with Crippen molar-refractivity contribution in [2.45, 2.75) is 102 Å². The molecule has 0 aromatic carbocycles. The van der Waals surface area contributed by atoms with Gasteiger partial charge in [-0.1, -0.05) is 64.7 Å². The van der Waals surface area contributed by atoms with Gasteiger partial charge in [-0.15, -0.1) is 0 Å². The van der Waals surface area contributed by atoms with Crippen molar-refractivity contribution >= 4 is 0 Å². The predicted octanol–water partition coefficient (Wildman–Crippen LogP) is 1.74. The highest BCUT2D eigenvalue weighted by Gasteiger charge is 2.39. The van der Waals surface area contributed by atoms with E-state index in [9.17, 15) is 15.3 Å². The summed E-state index contributed by atoms with van der Waals surface area (Å²) >= 11 is 0. The Bertz CT molecular complexity index is 336. The Morgan fingerprint density at radius 1 is 0.815 bits per heavy atom. The molecule has 0 aliphatic carbocycles. The molecule has 162 valence electrons. The lowest BCUT2D eigenvalue weighted by Gasteiger charge is -2.31. The second-order valence-electron chi connectivity index (χ2n) is 7.36. The first-order valence-corrected chi connectivity index (χ1v) is 10.6. The van der Waals surface area contributed by atoms with Crippen molar-refractivity contribution in [2.75, 3.05) is 26.4 Å². The van der Waals surface area contributed by atoms with Crippen LogP contribution in [0.15, 0.2) is 0 Å². The van der Waals surface area contributed by atoms with Crippen LogP contribution >= 0.6 is 0 Å². The van der Waals surface area contributed by atoms with Gasteiger partial charge < -0.3 is 34.6 Å². The highest BCUT2D eigenvalue weighted by molar-refractivity contribution is 4.84. The van der Waals surface area contributed by atoms with Crippen molar-refractivity contribution in [3.05, 3.63) is 0 Å². The highest BCUT2D eigenvalue weighted by atomic mass is 16.7. The Kier molecular flexibility index (Phi) is 14.3. The minimum Gasteiger partial charge on any atom is -0.394 e. The third-order valence-electron chi connectivity index (χ3n) is 4.99. The van der Waals surface area contributed by atoms with Crippen LogP contribution in [0.25, 0.3) is 0 Å². The summed E-state index contributed by atoms with van der Waals surface area (Å²) in [7, 11) is 0. The van der Waals surface area contributed by atoms with E-state index in [1.54, 1.807) is 0 Å². The van der Waals surface area contributed by atoms with Crippen LogP contribution in [0.4, 0.5) is 0 Å². The van der Waals surface area contributed by atoms with Gasteiger partial charge in [-0.25, -0.2) is 0 Å². The Labute approximate surface area is 163 Å². The zero-order valence-electron chi connectivity index (χ0n) is 16.8. The maximum absolute atomic E-state index is 10.3. The van der Waals surface area contributed by atoms with Crippen LogP contribution in [0.5, 0.6) is 0 Å². The molecule has 1 heterocycles. The number of unbranched alkanes of at least 4 members (excludes halogenated alkanes) is 9. The molecule has 0 amide bonds. The van der Waals surface area contributed by atoms with E-state index >= 15 is 0 Å². The monoisotopic (exact) mass is 392 g/mol. The molecule has 0 bridgehead atoms. The molecule has 0 radical (unpaired) electrons. The molecule has 1 saturated heterocycles. The summed E-state index contributed by atoms with van der Waals surface area (Å²) in [5.74, 6) is 0. The predicted molar refractivity (Wildman–Crippen MR) is 102 cm³/mol. The molecule has 0 aromatic heterocycles. The molecule has 0 saturated carbocycles. The molecule has 0 unspecified atom stereocenters. The fraction of sp³-hybridized carbons (Fsp3) is 1.00. The molecule has 1 fully saturated rings. The topological polar surface area (TPSA) is 109 Å². The molecule has 0 spiro atoms. The van der Waals surface area contributed by atoms with E-state index < -0.39 is 37.3 Å². The van der Waals surface area contributed by atoms with Crippen LogP contribution in [-0.4, -0.2) is 77.6 Å². The normalized spacial score (nSPS) is 19.9. The fourth-order valence-electron chi connectivity index (χ4n) is 3.24. The third-order valence-corrected chi connectivity index (χ3v) is 4.99. The molecule has 1 aliphatic heterocycles. The summed E-state index contributed by atoms with van der Waals surface area (Å²) in [6.07, 6.45) is 6.13. The van der Waals surface area contributed by atoms with Crippen molar-refractivity contribution in [2.24, 2.45) is 0 Å². The van der Waals surface area contributed by atoms with E-state index in [0.717, 1.165) is 19.3 Å². The zero-order valence-corrected chi connectivity index (χ0v) is 16.8. The van der Waals surface area contributed by atoms with Gasteiger partial charge in [0.25, 0.3) is 0 Å². The van der Waals surface area contributed by atoms with Gasteiger partial charge in [0.15, 0.2) is 6.29 Å². The lowest BCUT2D eigenvalue weighted by molar-refractivity contribution is -0.207. The minimum absolute atomic E-state index is 0.397. The van der Waals surface area contributed by atoms with E-state index in [2.05, 4.69) is 6.92 Å². The average Bonchev–Trinajstić information content (AvgIpc) is 3.21. The molecule has 27 heavy (non-hydrogen) atoms. The maximum Gasteiger partial charge on any atom is 0.186 e. The molecule has 1 aliphatic rings.